The molecule has 0 aromatic heterocycles. The van der Waals surface area contributed by atoms with Gasteiger partial charge in [-0.25, -0.2) is 0 Å². The van der Waals surface area contributed by atoms with Crippen LogP contribution in [0.15, 0.2) is 18.2 Å². The molecule has 1 aromatic carbocycles. The largest absolute Gasteiger partial charge is 0.493 e. The molecule has 8 heteroatoms. The third-order valence-electron chi connectivity index (χ3n) is 3.65. The maximum atomic E-state index is 12.2. The Bertz CT molecular complexity index is 550. The van der Waals surface area contributed by atoms with E-state index in [-0.39, 0.29) is 29.9 Å². The van der Waals surface area contributed by atoms with Gasteiger partial charge in [-0.3, -0.25) is 4.79 Å². The van der Waals surface area contributed by atoms with Crippen molar-refractivity contribution in [1.82, 2.24) is 5.32 Å². The molecule has 136 valence electrons. The third kappa shape index (κ3) is 6.27. The zero-order valence-corrected chi connectivity index (χ0v) is 13.9. The number of carbonyl (C=O) groups excluding carboxylic acids is 1. The summed E-state index contributed by atoms with van der Waals surface area (Å²) in [5.41, 5.74) is 6.50. The van der Waals surface area contributed by atoms with Gasteiger partial charge in [0.1, 0.15) is 0 Å². The Labute approximate surface area is 139 Å². The molecular weight excluding hydrogens is 325 g/mol. The molecule has 0 heterocycles. The molecule has 3 N–H and O–H groups in total. The fourth-order valence-corrected chi connectivity index (χ4v) is 1.92. The van der Waals surface area contributed by atoms with E-state index in [1.807, 2.05) is 13.8 Å². The van der Waals surface area contributed by atoms with Gasteiger partial charge < -0.3 is 20.5 Å². The average Bonchev–Trinajstić information content (AvgIpc) is 2.55. The first-order valence-electron chi connectivity index (χ1n) is 7.57. The second-order valence-corrected chi connectivity index (χ2v) is 5.52. The summed E-state index contributed by atoms with van der Waals surface area (Å²) < 4.78 is 46.4. The van der Waals surface area contributed by atoms with Crippen LogP contribution < -0.4 is 20.5 Å². The number of benzene rings is 1. The van der Waals surface area contributed by atoms with Crippen LogP contribution in [0.5, 0.6) is 11.5 Å². The molecule has 0 aliphatic rings. The van der Waals surface area contributed by atoms with Crippen molar-refractivity contribution in [3.8, 4) is 11.5 Å². The molecule has 0 radical (unpaired) electrons. The van der Waals surface area contributed by atoms with Crippen LogP contribution >= 0.6 is 0 Å². The van der Waals surface area contributed by atoms with Gasteiger partial charge in [0.05, 0.1) is 13.2 Å². The van der Waals surface area contributed by atoms with Crippen LogP contribution in [0.4, 0.5) is 13.2 Å². The van der Waals surface area contributed by atoms with E-state index in [1.54, 1.807) is 6.07 Å². The van der Waals surface area contributed by atoms with Crippen LogP contribution in [0.3, 0.4) is 0 Å². The number of halogens is 3. The summed E-state index contributed by atoms with van der Waals surface area (Å²) in [5, 5.41) is 2.70. The number of ether oxygens (including phenoxy) is 2. The van der Waals surface area contributed by atoms with Gasteiger partial charge in [0, 0.05) is 6.54 Å². The van der Waals surface area contributed by atoms with Crippen LogP contribution in [0.2, 0.25) is 0 Å². The highest BCUT2D eigenvalue weighted by Gasteiger charge is 2.29. The summed E-state index contributed by atoms with van der Waals surface area (Å²) in [6.45, 7) is 2.63. The van der Waals surface area contributed by atoms with E-state index in [0.717, 1.165) is 6.42 Å². The Morgan fingerprint density at radius 1 is 1.33 bits per heavy atom. The lowest BCUT2D eigenvalue weighted by atomic mass is 9.99. The monoisotopic (exact) mass is 348 g/mol. The van der Waals surface area contributed by atoms with Crippen molar-refractivity contribution in [3.05, 3.63) is 23.8 Å². The maximum absolute atomic E-state index is 12.2. The highest BCUT2D eigenvalue weighted by atomic mass is 19.4. The lowest BCUT2D eigenvalue weighted by molar-refractivity contribution is -0.153. The first-order valence-corrected chi connectivity index (χ1v) is 7.57. The predicted molar refractivity (Wildman–Crippen MR) is 83.8 cm³/mol. The molecule has 2 unspecified atom stereocenters. The van der Waals surface area contributed by atoms with Crippen LogP contribution in [-0.2, 0) is 11.3 Å². The summed E-state index contributed by atoms with van der Waals surface area (Å²) in [7, 11) is 1.33. The van der Waals surface area contributed by atoms with Crippen LogP contribution in [0.1, 0.15) is 25.8 Å². The van der Waals surface area contributed by atoms with Gasteiger partial charge in [-0.1, -0.05) is 26.3 Å². The number of amides is 1. The van der Waals surface area contributed by atoms with Gasteiger partial charge in [0.25, 0.3) is 0 Å². The molecule has 24 heavy (non-hydrogen) atoms. The summed E-state index contributed by atoms with van der Waals surface area (Å²) in [4.78, 5) is 11.9. The normalized spacial score (nSPS) is 14.0. The van der Waals surface area contributed by atoms with Gasteiger partial charge in [0.2, 0.25) is 5.91 Å². The Balaban J connectivity index is 2.69. The fourth-order valence-electron chi connectivity index (χ4n) is 1.92. The molecule has 0 aliphatic heterocycles. The topological polar surface area (TPSA) is 73.6 Å². The summed E-state index contributed by atoms with van der Waals surface area (Å²) >= 11 is 0. The van der Waals surface area contributed by atoms with Gasteiger partial charge in [-0.2, -0.15) is 13.2 Å². The molecule has 5 nitrogen and oxygen atoms in total. The standard InChI is InChI=1S/C16H23F3N2O3/c1-4-10(2)14(20)15(22)21-8-11-5-6-12(13(7-11)23-3)24-9-16(17,18)19/h5-7,10,14H,4,8-9,20H2,1-3H3,(H,21,22). The van der Waals surface area contributed by atoms with Crippen LogP contribution in [0.25, 0.3) is 0 Å². The number of hydrogen-bond donors (Lipinski definition) is 2. The van der Waals surface area contributed by atoms with Crippen LogP contribution in [0, 0.1) is 5.92 Å². The molecule has 0 spiro atoms. The third-order valence-corrected chi connectivity index (χ3v) is 3.65. The van der Waals surface area contributed by atoms with E-state index in [9.17, 15) is 18.0 Å². The van der Waals surface area contributed by atoms with Gasteiger partial charge in [-0.05, 0) is 23.6 Å². The lowest BCUT2D eigenvalue weighted by Gasteiger charge is -2.18. The summed E-state index contributed by atoms with van der Waals surface area (Å²) in [6, 6.07) is 3.84. The fraction of sp³-hybridized carbons (Fsp3) is 0.562. The molecular formula is C16H23F3N2O3. The van der Waals surface area contributed by atoms with Crippen molar-refractivity contribution < 1.29 is 27.4 Å². The van der Waals surface area contributed by atoms with E-state index < -0.39 is 18.8 Å². The van der Waals surface area contributed by atoms with E-state index >= 15 is 0 Å². The molecule has 0 bridgehead atoms. The van der Waals surface area contributed by atoms with Crippen molar-refractivity contribution in [3.63, 3.8) is 0 Å². The number of nitrogens with one attached hydrogen (secondary N) is 1. The molecule has 2 atom stereocenters. The zero-order chi connectivity index (χ0) is 18.3. The number of hydrogen-bond acceptors (Lipinski definition) is 4. The molecule has 0 saturated heterocycles. The average molecular weight is 348 g/mol. The number of alkyl halides is 3. The number of nitrogens with two attached hydrogens (primary N) is 1. The van der Waals surface area contributed by atoms with Crippen molar-refractivity contribution in [2.75, 3.05) is 13.7 Å². The van der Waals surface area contributed by atoms with Crippen LogP contribution in [-0.4, -0.2) is 31.8 Å². The van der Waals surface area contributed by atoms with Crippen molar-refractivity contribution in [1.29, 1.82) is 0 Å². The maximum Gasteiger partial charge on any atom is 0.422 e. The first-order chi connectivity index (χ1) is 11.2. The van der Waals surface area contributed by atoms with E-state index in [2.05, 4.69) is 5.32 Å². The van der Waals surface area contributed by atoms with E-state index in [1.165, 1.54) is 19.2 Å². The number of rotatable bonds is 8. The Morgan fingerprint density at radius 3 is 2.54 bits per heavy atom. The predicted octanol–water partition coefficient (Wildman–Crippen LogP) is 2.63. The molecule has 1 rings (SSSR count). The second-order valence-electron chi connectivity index (χ2n) is 5.52. The highest BCUT2D eigenvalue weighted by molar-refractivity contribution is 5.81. The Kier molecular flexibility index (Phi) is 7.34. The lowest BCUT2D eigenvalue weighted by Crippen LogP contribution is -2.44. The molecule has 1 amide bonds. The van der Waals surface area contributed by atoms with Crippen molar-refractivity contribution >= 4 is 5.91 Å². The Hall–Kier alpha value is -1.96. The molecule has 0 fully saturated rings. The van der Waals surface area contributed by atoms with E-state index in [0.29, 0.717) is 5.56 Å². The van der Waals surface area contributed by atoms with Gasteiger partial charge in [-0.15, -0.1) is 0 Å². The first kappa shape index (κ1) is 20.1. The summed E-state index contributed by atoms with van der Waals surface area (Å²) in [6.07, 6.45) is -3.64. The van der Waals surface area contributed by atoms with Crippen molar-refractivity contribution in [2.45, 2.75) is 39.0 Å². The van der Waals surface area contributed by atoms with Gasteiger partial charge >= 0.3 is 6.18 Å². The molecule has 1 aromatic rings. The molecule has 0 aliphatic carbocycles. The minimum atomic E-state index is -4.43. The van der Waals surface area contributed by atoms with Gasteiger partial charge in [0.15, 0.2) is 18.1 Å². The Morgan fingerprint density at radius 2 is 2.00 bits per heavy atom. The quantitative estimate of drug-likeness (QED) is 0.757. The number of methoxy groups -OCH3 is 1. The SMILES string of the molecule is CCC(C)C(N)C(=O)NCc1ccc(OCC(F)(F)F)c(OC)c1. The second kappa shape index (κ2) is 8.77. The highest BCUT2D eigenvalue weighted by Crippen LogP contribution is 2.29. The minimum absolute atomic E-state index is 0.0128. The number of carbonyl (C=O) groups is 1. The smallest absolute Gasteiger partial charge is 0.422 e. The molecule has 0 saturated carbocycles. The minimum Gasteiger partial charge on any atom is -0.493 e. The zero-order valence-electron chi connectivity index (χ0n) is 13.9. The van der Waals surface area contributed by atoms with E-state index in [4.69, 9.17) is 15.2 Å². The summed E-state index contributed by atoms with van der Waals surface area (Å²) in [5.74, 6) is -0.0724. The van der Waals surface area contributed by atoms with Crippen molar-refractivity contribution in [2.24, 2.45) is 11.7 Å².